The number of aromatic nitrogens is 1. The van der Waals surface area contributed by atoms with Gasteiger partial charge in [-0.25, -0.2) is 4.79 Å². The standard InChI is InChI=1S/C22H34N4O.C2HF3O2/c1-22(2)11-7-17(8-12-22)21-18(23)5-6-19(24-21)16-9-13-26(14-10-16)20(27)15-25(3)4;3-2(4,5)1(6)7/h5-7,16H,8-15,23H2,1-4H3;(H,6,7). The quantitative estimate of drug-likeness (QED) is 0.666. The average molecular weight is 485 g/mol. The summed E-state index contributed by atoms with van der Waals surface area (Å²) in [6.07, 6.45) is 2.50. The Morgan fingerprint density at radius 3 is 2.29 bits per heavy atom. The number of nitrogens with zero attached hydrogens (tertiary/aromatic N) is 3. The molecule has 0 aromatic carbocycles. The topological polar surface area (TPSA) is 99.8 Å². The summed E-state index contributed by atoms with van der Waals surface area (Å²) in [7, 11) is 3.87. The number of halogens is 3. The molecule has 10 heteroatoms. The number of piperidine rings is 1. The first-order valence-corrected chi connectivity index (χ1v) is 11.4. The third kappa shape index (κ3) is 8.00. The molecule has 1 fully saturated rings. The molecule has 34 heavy (non-hydrogen) atoms. The van der Waals surface area contributed by atoms with E-state index in [1.807, 2.05) is 30.0 Å². The molecular weight excluding hydrogens is 449 g/mol. The minimum Gasteiger partial charge on any atom is -0.475 e. The number of pyridine rings is 1. The van der Waals surface area contributed by atoms with Gasteiger partial charge in [0.15, 0.2) is 0 Å². The Morgan fingerprint density at radius 2 is 1.82 bits per heavy atom. The maximum Gasteiger partial charge on any atom is 0.490 e. The molecule has 190 valence electrons. The normalized spacial score (nSPS) is 18.7. The zero-order chi connectivity index (χ0) is 25.7. The summed E-state index contributed by atoms with van der Waals surface area (Å²) >= 11 is 0. The number of carbonyl (C=O) groups is 2. The molecule has 1 amide bonds. The van der Waals surface area contributed by atoms with E-state index in [4.69, 9.17) is 20.6 Å². The van der Waals surface area contributed by atoms with E-state index in [0.717, 1.165) is 55.8 Å². The maximum absolute atomic E-state index is 12.3. The number of anilines is 1. The number of nitrogens with two attached hydrogens (primary N) is 1. The van der Waals surface area contributed by atoms with Crippen LogP contribution < -0.4 is 5.73 Å². The summed E-state index contributed by atoms with van der Waals surface area (Å²) in [4.78, 5) is 30.0. The number of alkyl halides is 3. The van der Waals surface area contributed by atoms with Gasteiger partial charge in [0.05, 0.1) is 17.9 Å². The van der Waals surface area contributed by atoms with Crippen molar-refractivity contribution < 1.29 is 27.9 Å². The Morgan fingerprint density at radius 1 is 1.24 bits per heavy atom. The van der Waals surface area contributed by atoms with Crippen LogP contribution in [0.5, 0.6) is 0 Å². The van der Waals surface area contributed by atoms with Crippen LogP contribution in [0.25, 0.3) is 5.57 Å². The van der Waals surface area contributed by atoms with Crippen LogP contribution in [0, 0.1) is 5.41 Å². The summed E-state index contributed by atoms with van der Waals surface area (Å²) in [6, 6.07) is 4.09. The lowest BCUT2D eigenvalue weighted by molar-refractivity contribution is -0.192. The van der Waals surface area contributed by atoms with E-state index in [0.29, 0.717) is 17.9 Å². The van der Waals surface area contributed by atoms with Crippen LogP contribution in [0.3, 0.4) is 0 Å². The Kier molecular flexibility index (Phi) is 9.10. The van der Waals surface area contributed by atoms with Crippen LogP contribution in [-0.2, 0) is 9.59 Å². The number of hydrogen-bond donors (Lipinski definition) is 2. The Labute approximate surface area is 198 Å². The molecule has 1 aliphatic heterocycles. The molecule has 1 aromatic rings. The number of carboxylic acid groups (broad SMARTS) is 1. The lowest BCUT2D eigenvalue weighted by Crippen LogP contribution is -2.42. The molecule has 0 bridgehead atoms. The van der Waals surface area contributed by atoms with Gasteiger partial charge in [0, 0.05) is 24.7 Å². The van der Waals surface area contributed by atoms with Crippen molar-refractivity contribution in [1.82, 2.24) is 14.8 Å². The first-order valence-electron chi connectivity index (χ1n) is 11.4. The molecule has 0 saturated carbocycles. The predicted molar refractivity (Wildman–Crippen MR) is 125 cm³/mol. The fraction of sp³-hybridized carbons (Fsp3) is 0.625. The first-order chi connectivity index (χ1) is 15.7. The summed E-state index contributed by atoms with van der Waals surface area (Å²) in [6.45, 7) is 6.75. The summed E-state index contributed by atoms with van der Waals surface area (Å²) in [5.41, 5.74) is 10.8. The van der Waals surface area contributed by atoms with Gasteiger partial charge >= 0.3 is 12.1 Å². The van der Waals surface area contributed by atoms with Gasteiger partial charge in [0.2, 0.25) is 5.91 Å². The van der Waals surface area contributed by atoms with Gasteiger partial charge in [-0.3, -0.25) is 9.78 Å². The van der Waals surface area contributed by atoms with E-state index in [1.54, 1.807) is 0 Å². The van der Waals surface area contributed by atoms with Crippen LogP contribution in [0.1, 0.15) is 63.3 Å². The average Bonchev–Trinajstić information content (AvgIpc) is 2.74. The summed E-state index contributed by atoms with van der Waals surface area (Å²) in [5.74, 6) is -2.12. The van der Waals surface area contributed by atoms with Gasteiger partial charge in [-0.2, -0.15) is 13.2 Å². The zero-order valence-corrected chi connectivity index (χ0v) is 20.3. The number of hydrogen-bond acceptors (Lipinski definition) is 5. The van der Waals surface area contributed by atoms with E-state index in [-0.39, 0.29) is 5.91 Å². The van der Waals surface area contributed by atoms with Gasteiger partial charge in [-0.15, -0.1) is 0 Å². The van der Waals surface area contributed by atoms with E-state index in [2.05, 4.69) is 26.0 Å². The second-order valence-electron chi connectivity index (χ2n) is 9.97. The minimum absolute atomic E-state index is 0.222. The number of aliphatic carboxylic acids is 1. The van der Waals surface area contributed by atoms with Crippen molar-refractivity contribution >= 4 is 23.1 Å². The second-order valence-corrected chi connectivity index (χ2v) is 9.97. The number of likely N-dealkylation sites (N-methyl/N-ethyl adjacent to an activating group) is 1. The zero-order valence-electron chi connectivity index (χ0n) is 20.3. The van der Waals surface area contributed by atoms with E-state index in [1.165, 1.54) is 12.0 Å². The largest absolute Gasteiger partial charge is 0.490 e. The number of carbonyl (C=O) groups excluding carboxylic acids is 1. The monoisotopic (exact) mass is 484 g/mol. The van der Waals surface area contributed by atoms with Crippen LogP contribution in [0.4, 0.5) is 18.9 Å². The molecule has 0 radical (unpaired) electrons. The number of amides is 1. The molecule has 0 spiro atoms. The van der Waals surface area contributed by atoms with Crippen LogP contribution in [0.2, 0.25) is 0 Å². The van der Waals surface area contributed by atoms with Crippen molar-refractivity contribution in [3.8, 4) is 0 Å². The molecular formula is C24H35F3N4O3. The van der Waals surface area contributed by atoms with Crippen LogP contribution >= 0.6 is 0 Å². The maximum atomic E-state index is 12.3. The van der Waals surface area contributed by atoms with Crippen molar-refractivity contribution in [2.75, 3.05) is 39.5 Å². The van der Waals surface area contributed by atoms with E-state index < -0.39 is 12.1 Å². The molecule has 2 heterocycles. The van der Waals surface area contributed by atoms with Crippen molar-refractivity contribution in [3.63, 3.8) is 0 Å². The van der Waals surface area contributed by atoms with Crippen molar-refractivity contribution in [3.05, 3.63) is 29.6 Å². The Balaban J connectivity index is 0.000000509. The third-order valence-corrected chi connectivity index (χ3v) is 6.18. The lowest BCUT2D eigenvalue weighted by atomic mass is 9.77. The van der Waals surface area contributed by atoms with Crippen LogP contribution in [-0.4, -0.2) is 71.7 Å². The highest BCUT2D eigenvalue weighted by Crippen LogP contribution is 2.39. The Hall–Kier alpha value is -2.62. The predicted octanol–water partition coefficient (Wildman–Crippen LogP) is 4.16. The highest BCUT2D eigenvalue weighted by Gasteiger charge is 2.38. The molecule has 3 rings (SSSR count). The first kappa shape index (κ1) is 27.6. The number of nitrogen functional groups attached to an aromatic ring is 1. The molecule has 2 aliphatic rings. The van der Waals surface area contributed by atoms with Gasteiger partial charge in [0.1, 0.15) is 0 Å². The van der Waals surface area contributed by atoms with Gasteiger partial charge in [-0.05, 0) is 69.3 Å². The van der Waals surface area contributed by atoms with E-state index >= 15 is 0 Å². The number of likely N-dealkylation sites (tertiary alicyclic amines) is 1. The highest BCUT2D eigenvalue weighted by atomic mass is 19.4. The second kappa shape index (κ2) is 11.2. The molecule has 1 aromatic heterocycles. The highest BCUT2D eigenvalue weighted by molar-refractivity contribution is 5.78. The van der Waals surface area contributed by atoms with Crippen molar-refractivity contribution in [2.45, 2.75) is 58.0 Å². The summed E-state index contributed by atoms with van der Waals surface area (Å²) in [5, 5.41) is 7.12. The third-order valence-electron chi connectivity index (χ3n) is 6.18. The lowest BCUT2D eigenvalue weighted by Gasteiger charge is -2.33. The van der Waals surface area contributed by atoms with Gasteiger partial charge in [0.25, 0.3) is 0 Å². The molecule has 7 nitrogen and oxygen atoms in total. The van der Waals surface area contributed by atoms with Crippen molar-refractivity contribution in [2.24, 2.45) is 5.41 Å². The molecule has 1 aliphatic carbocycles. The fourth-order valence-electron chi connectivity index (χ4n) is 4.06. The number of carboxylic acids is 1. The van der Waals surface area contributed by atoms with Crippen molar-refractivity contribution in [1.29, 1.82) is 0 Å². The van der Waals surface area contributed by atoms with Gasteiger partial charge in [-0.1, -0.05) is 19.9 Å². The number of rotatable bonds is 4. The number of allylic oxidation sites excluding steroid dienone is 2. The smallest absolute Gasteiger partial charge is 0.475 e. The van der Waals surface area contributed by atoms with Crippen LogP contribution in [0.15, 0.2) is 18.2 Å². The Bertz CT molecular complexity index is 905. The molecule has 1 saturated heterocycles. The molecule has 0 atom stereocenters. The van der Waals surface area contributed by atoms with E-state index in [9.17, 15) is 18.0 Å². The minimum atomic E-state index is -5.08. The molecule has 0 unspecified atom stereocenters. The SMILES string of the molecule is CN(C)CC(=O)N1CCC(c2ccc(N)c(C3=CCC(C)(C)CC3)n2)CC1.O=C(O)C(F)(F)F. The fourth-order valence-corrected chi connectivity index (χ4v) is 4.06. The molecule has 3 N–H and O–H groups in total. The van der Waals surface area contributed by atoms with Gasteiger partial charge < -0.3 is 20.6 Å². The summed E-state index contributed by atoms with van der Waals surface area (Å²) < 4.78 is 31.7.